The highest BCUT2D eigenvalue weighted by atomic mass is 16.4. The number of carbonyl (C=O) groups is 2. The molecule has 0 aromatic heterocycles. The summed E-state index contributed by atoms with van der Waals surface area (Å²) in [6.07, 6.45) is 13.3. The number of hydrogen-bond donors (Lipinski definition) is 3. The second-order valence-corrected chi connectivity index (χ2v) is 6.09. The number of carboxylic acids is 2. The van der Waals surface area contributed by atoms with Crippen molar-refractivity contribution in [1.29, 1.82) is 0 Å². The molecular weight excluding hydrogens is 320 g/mol. The predicted octanol–water partition coefficient (Wildman–Crippen LogP) is 4.98. The Morgan fingerprint density at radius 1 is 0.680 bits per heavy atom. The number of aliphatic hydroxyl groups is 1. The van der Waals surface area contributed by atoms with Crippen LogP contribution in [0.2, 0.25) is 0 Å². The lowest BCUT2D eigenvalue weighted by Crippen LogP contribution is -1.99. The summed E-state index contributed by atoms with van der Waals surface area (Å²) in [5, 5.41) is 25.5. The zero-order valence-corrected chi connectivity index (χ0v) is 15.2. The van der Waals surface area contributed by atoms with Crippen LogP contribution in [0.5, 0.6) is 0 Å². The Labute approximate surface area is 150 Å². The highest BCUT2D eigenvalue weighted by Crippen LogP contribution is 2.10. The average Bonchev–Trinajstić information content (AvgIpc) is 2.61. The van der Waals surface area contributed by atoms with Gasteiger partial charge in [0.15, 0.2) is 0 Å². The standard InChI is InChI=1S/C12H26O.C8H6O4/c1-2-3-4-5-6-7-8-9-10-11-12-13;9-7(10)5-1-2-6(4-3-5)8(11)12/h13H,2-12H2,1H3;1-4H,(H,9,10)(H,11,12). The van der Waals surface area contributed by atoms with Gasteiger partial charge in [-0.25, -0.2) is 9.59 Å². The Morgan fingerprint density at radius 2 is 1.00 bits per heavy atom. The van der Waals surface area contributed by atoms with Crippen molar-refractivity contribution in [3.63, 3.8) is 0 Å². The van der Waals surface area contributed by atoms with Gasteiger partial charge in [0, 0.05) is 6.61 Å². The molecule has 0 saturated carbocycles. The Hall–Kier alpha value is -1.88. The molecule has 0 radical (unpaired) electrons. The Morgan fingerprint density at radius 3 is 1.28 bits per heavy atom. The average molecular weight is 352 g/mol. The largest absolute Gasteiger partial charge is 0.478 e. The molecule has 0 heterocycles. The maximum Gasteiger partial charge on any atom is 0.335 e. The van der Waals surface area contributed by atoms with E-state index < -0.39 is 11.9 Å². The van der Waals surface area contributed by atoms with Gasteiger partial charge >= 0.3 is 11.9 Å². The minimum Gasteiger partial charge on any atom is -0.478 e. The smallest absolute Gasteiger partial charge is 0.335 e. The van der Waals surface area contributed by atoms with Gasteiger partial charge in [0.1, 0.15) is 0 Å². The van der Waals surface area contributed by atoms with E-state index in [1.165, 1.54) is 82.1 Å². The molecule has 1 aromatic carbocycles. The number of rotatable bonds is 12. The summed E-state index contributed by atoms with van der Waals surface area (Å²) in [5.41, 5.74) is 0.167. The van der Waals surface area contributed by atoms with Crippen LogP contribution in [-0.4, -0.2) is 33.9 Å². The Bertz CT molecular complexity index is 424. The Kier molecular flexibility index (Phi) is 14.5. The van der Waals surface area contributed by atoms with E-state index in [4.69, 9.17) is 15.3 Å². The first kappa shape index (κ1) is 23.1. The molecule has 1 rings (SSSR count). The molecule has 0 fully saturated rings. The van der Waals surface area contributed by atoms with Gasteiger partial charge in [-0.15, -0.1) is 0 Å². The molecule has 1 aromatic rings. The van der Waals surface area contributed by atoms with E-state index in [1.54, 1.807) is 0 Å². The van der Waals surface area contributed by atoms with Gasteiger partial charge < -0.3 is 15.3 Å². The van der Waals surface area contributed by atoms with Crippen molar-refractivity contribution in [2.45, 2.75) is 71.1 Å². The number of unbranched alkanes of at least 4 members (excludes halogenated alkanes) is 9. The van der Waals surface area contributed by atoms with Gasteiger partial charge in [0.25, 0.3) is 0 Å². The van der Waals surface area contributed by atoms with E-state index in [-0.39, 0.29) is 11.1 Å². The molecule has 5 heteroatoms. The fourth-order valence-electron chi connectivity index (χ4n) is 2.35. The van der Waals surface area contributed by atoms with Crippen molar-refractivity contribution in [1.82, 2.24) is 0 Å². The summed E-state index contributed by atoms with van der Waals surface area (Å²) in [5.74, 6) is -2.13. The topological polar surface area (TPSA) is 94.8 Å². The van der Waals surface area contributed by atoms with Crippen LogP contribution in [0, 0.1) is 0 Å². The summed E-state index contributed by atoms with van der Waals surface area (Å²) < 4.78 is 0. The van der Waals surface area contributed by atoms with Crippen molar-refractivity contribution >= 4 is 11.9 Å². The first-order chi connectivity index (χ1) is 12.0. The molecule has 0 unspecified atom stereocenters. The molecule has 5 nitrogen and oxygen atoms in total. The van der Waals surface area contributed by atoms with Gasteiger partial charge in [-0.1, -0.05) is 64.7 Å². The maximum absolute atomic E-state index is 10.3. The summed E-state index contributed by atoms with van der Waals surface area (Å²) in [6.45, 7) is 2.63. The van der Waals surface area contributed by atoms with Crippen molar-refractivity contribution < 1.29 is 24.9 Å². The summed E-state index contributed by atoms with van der Waals surface area (Å²) in [6, 6.07) is 5.02. The molecule has 3 N–H and O–H groups in total. The molecule has 0 aliphatic carbocycles. The zero-order valence-electron chi connectivity index (χ0n) is 15.2. The molecule has 142 valence electrons. The van der Waals surface area contributed by atoms with Gasteiger partial charge in [-0.2, -0.15) is 0 Å². The molecular formula is C20H32O5. The van der Waals surface area contributed by atoms with Crippen molar-refractivity contribution in [2.75, 3.05) is 6.61 Å². The SMILES string of the molecule is CCCCCCCCCCCCO.O=C(O)c1ccc(C(=O)O)cc1. The first-order valence-corrected chi connectivity index (χ1v) is 9.20. The maximum atomic E-state index is 10.3. The molecule has 0 aliphatic rings. The molecule has 0 bridgehead atoms. The molecule has 0 aliphatic heterocycles. The summed E-state index contributed by atoms with van der Waals surface area (Å²) in [7, 11) is 0. The third-order valence-corrected chi connectivity index (χ3v) is 3.89. The Balaban J connectivity index is 0.000000462. The van der Waals surface area contributed by atoms with E-state index in [0.29, 0.717) is 6.61 Å². The number of aliphatic hydroxyl groups excluding tert-OH is 1. The van der Waals surface area contributed by atoms with Gasteiger partial charge in [-0.05, 0) is 30.7 Å². The lowest BCUT2D eigenvalue weighted by atomic mass is 10.1. The lowest BCUT2D eigenvalue weighted by molar-refractivity contribution is 0.0681. The van der Waals surface area contributed by atoms with Gasteiger partial charge in [-0.3, -0.25) is 0 Å². The minimum absolute atomic E-state index is 0.0833. The van der Waals surface area contributed by atoms with Crippen LogP contribution in [0.1, 0.15) is 91.8 Å². The zero-order chi connectivity index (χ0) is 18.9. The first-order valence-electron chi connectivity index (χ1n) is 9.20. The highest BCUT2D eigenvalue weighted by Gasteiger charge is 2.04. The van der Waals surface area contributed by atoms with E-state index in [9.17, 15) is 9.59 Å². The third kappa shape index (κ3) is 13.1. The quantitative estimate of drug-likeness (QED) is 0.461. The molecule has 0 saturated heterocycles. The van der Waals surface area contributed by atoms with Crippen LogP contribution >= 0.6 is 0 Å². The van der Waals surface area contributed by atoms with Crippen LogP contribution in [0.4, 0.5) is 0 Å². The van der Waals surface area contributed by atoms with E-state index in [2.05, 4.69) is 6.92 Å². The summed E-state index contributed by atoms with van der Waals surface area (Å²) >= 11 is 0. The fraction of sp³-hybridized carbons (Fsp3) is 0.600. The normalized spacial score (nSPS) is 10.0. The molecule has 0 atom stereocenters. The number of hydrogen-bond acceptors (Lipinski definition) is 3. The van der Waals surface area contributed by atoms with Gasteiger partial charge in [0.05, 0.1) is 11.1 Å². The van der Waals surface area contributed by atoms with Crippen LogP contribution in [0.25, 0.3) is 0 Å². The molecule has 0 spiro atoms. The van der Waals surface area contributed by atoms with E-state index in [0.717, 1.165) is 6.42 Å². The predicted molar refractivity (Wildman–Crippen MR) is 99.3 cm³/mol. The second-order valence-electron chi connectivity index (χ2n) is 6.09. The summed E-state index contributed by atoms with van der Waals surface area (Å²) in [4.78, 5) is 20.7. The second kappa shape index (κ2) is 15.6. The van der Waals surface area contributed by atoms with E-state index >= 15 is 0 Å². The van der Waals surface area contributed by atoms with Crippen LogP contribution < -0.4 is 0 Å². The van der Waals surface area contributed by atoms with Crippen LogP contribution in [-0.2, 0) is 0 Å². The van der Waals surface area contributed by atoms with Crippen molar-refractivity contribution in [2.24, 2.45) is 0 Å². The van der Waals surface area contributed by atoms with Crippen LogP contribution in [0.3, 0.4) is 0 Å². The molecule has 0 amide bonds. The van der Waals surface area contributed by atoms with Crippen LogP contribution in [0.15, 0.2) is 24.3 Å². The van der Waals surface area contributed by atoms with E-state index in [1.807, 2.05) is 0 Å². The fourth-order valence-corrected chi connectivity index (χ4v) is 2.35. The highest BCUT2D eigenvalue weighted by molar-refractivity contribution is 5.91. The third-order valence-electron chi connectivity index (χ3n) is 3.89. The lowest BCUT2D eigenvalue weighted by Gasteiger charge is -2.00. The number of aromatic carboxylic acids is 2. The van der Waals surface area contributed by atoms with Gasteiger partial charge in [0.2, 0.25) is 0 Å². The number of carboxylic acid groups (broad SMARTS) is 2. The molecule has 25 heavy (non-hydrogen) atoms. The monoisotopic (exact) mass is 352 g/mol. The van der Waals surface area contributed by atoms with Crippen molar-refractivity contribution in [3.05, 3.63) is 35.4 Å². The van der Waals surface area contributed by atoms with Crippen molar-refractivity contribution in [3.8, 4) is 0 Å². The minimum atomic E-state index is -1.06. The number of benzene rings is 1.